The molecular formula is C18H17ClN4O2. The summed E-state index contributed by atoms with van der Waals surface area (Å²) < 4.78 is 10.6. The Balaban J connectivity index is 1.82. The molecule has 0 bridgehead atoms. The number of halogens is 1. The van der Waals surface area contributed by atoms with Gasteiger partial charge in [-0.2, -0.15) is 0 Å². The zero-order valence-corrected chi connectivity index (χ0v) is 14.5. The second-order valence-corrected chi connectivity index (χ2v) is 5.55. The number of nitrogens with zero attached hydrogens (tertiary/aromatic N) is 2. The Morgan fingerprint density at radius 2 is 1.68 bits per heavy atom. The third kappa shape index (κ3) is 4.30. The molecule has 0 radical (unpaired) electrons. The van der Waals surface area contributed by atoms with E-state index in [0.29, 0.717) is 22.4 Å². The Morgan fingerprint density at radius 3 is 2.40 bits per heavy atom. The zero-order valence-electron chi connectivity index (χ0n) is 13.8. The molecule has 2 N–H and O–H groups in total. The van der Waals surface area contributed by atoms with Crippen molar-refractivity contribution in [3.63, 3.8) is 0 Å². The second kappa shape index (κ2) is 7.72. The lowest BCUT2D eigenvalue weighted by Gasteiger charge is -2.13. The first-order valence-electron chi connectivity index (χ1n) is 7.51. The molecule has 3 aromatic rings. The van der Waals surface area contributed by atoms with E-state index in [1.54, 1.807) is 20.3 Å². The Hall–Kier alpha value is -2.99. The van der Waals surface area contributed by atoms with E-state index < -0.39 is 0 Å². The van der Waals surface area contributed by atoms with Crippen LogP contribution in [-0.2, 0) is 0 Å². The predicted molar refractivity (Wildman–Crippen MR) is 99.6 cm³/mol. The van der Waals surface area contributed by atoms with Crippen LogP contribution in [-0.4, -0.2) is 24.2 Å². The summed E-state index contributed by atoms with van der Waals surface area (Å²) >= 11 is 6.00. The summed E-state index contributed by atoms with van der Waals surface area (Å²) in [6.07, 6.45) is 1.47. The van der Waals surface area contributed by atoms with Crippen molar-refractivity contribution in [1.29, 1.82) is 0 Å². The van der Waals surface area contributed by atoms with Gasteiger partial charge < -0.3 is 20.1 Å². The van der Waals surface area contributed by atoms with Crippen molar-refractivity contribution in [2.75, 3.05) is 24.9 Å². The quantitative estimate of drug-likeness (QED) is 0.671. The largest absolute Gasteiger partial charge is 0.497 e. The molecule has 0 unspecified atom stereocenters. The van der Waals surface area contributed by atoms with E-state index in [1.807, 2.05) is 42.5 Å². The number of hydrogen-bond donors (Lipinski definition) is 2. The molecule has 0 atom stereocenters. The molecule has 3 rings (SSSR count). The maximum absolute atomic E-state index is 6.00. The van der Waals surface area contributed by atoms with Crippen molar-refractivity contribution in [3.8, 4) is 11.5 Å². The molecule has 0 saturated heterocycles. The summed E-state index contributed by atoms with van der Waals surface area (Å²) in [6.45, 7) is 0. The highest BCUT2D eigenvalue weighted by Gasteiger charge is 2.07. The molecule has 0 amide bonds. The molecule has 0 spiro atoms. The smallest absolute Gasteiger partial charge is 0.142 e. The lowest BCUT2D eigenvalue weighted by Crippen LogP contribution is -2.00. The molecule has 6 nitrogen and oxygen atoms in total. The van der Waals surface area contributed by atoms with Crippen LogP contribution in [0.25, 0.3) is 0 Å². The molecule has 2 aromatic carbocycles. The number of benzene rings is 2. The predicted octanol–water partition coefficient (Wildman–Crippen LogP) is 4.63. The van der Waals surface area contributed by atoms with Crippen LogP contribution < -0.4 is 20.1 Å². The van der Waals surface area contributed by atoms with Gasteiger partial charge in [-0.15, -0.1) is 0 Å². The van der Waals surface area contributed by atoms with E-state index >= 15 is 0 Å². The standard InChI is InChI=1S/C18H17ClN4O2/c1-24-14-6-7-16(25-2)15(9-14)23-18-10-17(20-11-21-18)22-13-5-3-4-12(19)8-13/h3-11H,1-2H3,(H2,20,21,22,23). The molecule has 128 valence electrons. The van der Waals surface area contributed by atoms with Gasteiger partial charge >= 0.3 is 0 Å². The summed E-state index contributed by atoms with van der Waals surface area (Å²) in [7, 11) is 3.22. The maximum atomic E-state index is 6.00. The number of hydrogen-bond acceptors (Lipinski definition) is 6. The van der Waals surface area contributed by atoms with E-state index in [2.05, 4.69) is 20.6 Å². The number of methoxy groups -OCH3 is 2. The lowest BCUT2D eigenvalue weighted by atomic mass is 10.2. The van der Waals surface area contributed by atoms with Gasteiger partial charge in [-0.1, -0.05) is 17.7 Å². The average Bonchev–Trinajstić information content (AvgIpc) is 2.62. The molecule has 0 aliphatic rings. The van der Waals surface area contributed by atoms with Crippen molar-refractivity contribution in [2.45, 2.75) is 0 Å². The van der Waals surface area contributed by atoms with Crippen LogP contribution in [0.5, 0.6) is 11.5 Å². The minimum atomic E-state index is 0.617. The van der Waals surface area contributed by atoms with Gasteiger partial charge in [-0.3, -0.25) is 0 Å². The highest BCUT2D eigenvalue weighted by Crippen LogP contribution is 2.31. The van der Waals surface area contributed by atoms with Crippen LogP contribution in [0.15, 0.2) is 54.9 Å². The van der Waals surface area contributed by atoms with E-state index in [-0.39, 0.29) is 0 Å². The minimum absolute atomic E-state index is 0.617. The molecule has 25 heavy (non-hydrogen) atoms. The first kappa shape index (κ1) is 16.9. The molecule has 7 heteroatoms. The monoisotopic (exact) mass is 356 g/mol. The summed E-state index contributed by atoms with van der Waals surface area (Å²) in [5.41, 5.74) is 1.59. The summed E-state index contributed by atoms with van der Waals surface area (Å²) in [4.78, 5) is 8.46. The Bertz CT molecular complexity index is 873. The fourth-order valence-corrected chi connectivity index (χ4v) is 2.45. The number of ether oxygens (including phenoxy) is 2. The molecule has 0 fully saturated rings. The SMILES string of the molecule is COc1ccc(OC)c(Nc2cc(Nc3cccc(Cl)c3)ncn2)c1. The van der Waals surface area contributed by atoms with Gasteiger partial charge in [0.15, 0.2) is 0 Å². The molecule has 0 aliphatic carbocycles. The number of nitrogens with one attached hydrogen (secondary N) is 2. The normalized spacial score (nSPS) is 10.2. The lowest BCUT2D eigenvalue weighted by molar-refractivity contribution is 0.405. The number of aromatic nitrogens is 2. The van der Waals surface area contributed by atoms with Gasteiger partial charge in [0.25, 0.3) is 0 Å². The highest BCUT2D eigenvalue weighted by molar-refractivity contribution is 6.30. The maximum Gasteiger partial charge on any atom is 0.142 e. The third-order valence-electron chi connectivity index (χ3n) is 3.43. The number of rotatable bonds is 6. The van der Waals surface area contributed by atoms with Gasteiger partial charge in [0.05, 0.1) is 19.9 Å². The fraction of sp³-hybridized carbons (Fsp3) is 0.111. The Morgan fingerprint density at radius 1 is 0.880 bits per heavy atom. The van der Waals surface area contributed by atoms with Gasteiger partial charge in [0.1, 0.15) is 29.5 Å². The van der Waals surface area contributed by atoms with Gasteiger partial charge in [-0.25, -0.2) is 9.97 Å². The topological polar surface area (TPSA) is 68.3 Å². The molecule has 1 aromatic heterocycles. The molecule has 0 aliphatic heterocycles. The first-order chi connectivity index (χ1) is 12.2. The van der Waals surface area contributed by atoms with Gasteiger partial charge in [0, 0.05) is 22.8 Å². The van der Waals surface area contributed by atoms with Crippen molar-refractivity contribution in [1.82, 2.24) is 9.97 Å². The van der Waals surface area contributed by atoms with Crippen LogP contribution in [0.1, 0.15) is 0 Å². The minimum Gasteiger partial charge on any atom is -0.497 e. The van der Waals surface area contributed by atoms with Gasteiger partial charge in [-0.05, 0) is 30.3 Å². The van der Waals surface area contributed by atoms with E-state index in [4.69, 9.17) is 21.1 Å². The van der Waals surface area contributed by atoms with Crippen LogP contribution in [0, 0.1) is 0 Å². The van der Waals surface area contributed by atoms with E-state index in [1.165, 1.54) is 6.33 Å². The van der Waals surface area contributed by atoms with Crippen LogP contribution >= 0.6 is 11.6 Å². The van der Waals surface area contributed by atoms with Crippen LogP contribution in [0.2, 0.25) is 5.02 Å². The Kier molecular flexibility index (Phi) is 5.20. The van der Waals surface area contributed by atoms with Crippen molar-refractivity contribution in [3.05, 3.63) is 59.9 Å². The molecule has 1 heterocycles. The van der Waals surface area contributed by atoms with E-state index in [9.17, 15) is 0 Å². The summed E-state index contributed by atoms with van der Waals surface area (Å²) in [5, 5.41) is 7.06. The molecule has 0 saturated carbocycles. The Labute approximate surface area is 150 Å². The summed E-state index contributed by atoms with van der Waals surface area (Å²) in [6, 6.07) is 14.7. The average molecular weight is 357 g/mol. The van der Waals surface area contributed by atoms with Crippen molar-refractivity contribution < 1.29 is 9.47 Å². The number of anilines is 4. The van der Waals surface area contributed by atoms with Crippen molar-refractivity contribution in [2.24, 2.45) is 0 Å². The third-order valence-corrected chi connectivity index (χ3v) is 3.67. The van der Waals surface area contributed by atoms with Gasteiger partial charge in [0.2, 0.25) is 0 Å². The second-order valence-electron chi connectivity index (χ2n) is 5.12. The van der Waals surface area contributed by atoms with Crippen LogP contribution in [0.3, 0.4) is 0 Å². The first-order valence-corrected chi connectivity index (χ1v) is 7.89. The van der Waals surface area contributed by atoms with Crippen molar-refractivity contribution >= 4 is 34.6 Å². The molecular weight excluding hydrogens is 340 g/mol. The zero-order chi connectivity index (χ0) is 17.6. The highest BCUT2D eigenvalue weighted by atomic mass is 35.5. The fourth-order valence-electron chi connectivity index (χ4n) is 2.26. The summed E-state index contributed by atoms with van der Waals surface area (Å²) in [5.74, 6) is 2.66. The van der Waals surface area contributed by atoms with Crippen LogP contribution in [0.4, 0.5) is 23.0 Å². The van der Waals surface area contributed by atoms with E-state index in [0.717, 1.165) is 17.1 Å².